The molecular formula is C18H14FN3O2. The summed E-state index contributed by atoms with van der Waals surface area (Å²) in [5.74, 6) is -1.38. The number of aromatic carboxylic acids is 1. The lowest BCUT2D eigenvalue weighted by atomic mass is 10.1. The summed E-state index contributed by atoms with van der Waals surface area (Å²) in [6.45, 7) is 0. The van der Waals surface area contributed by atoms with E-state index in [1.165, 1.54) is 28.9 Å². The van der Waals surface area contributed by atoms with E-state index in [1.54, 1.807) is 30.5 Å². The Morgan fingerprint density at radius 3 is 2.29 bits per heavy atom. The topological polar surface area (TPSA) is 78.9 Å². The smallest absolute Gasteiger partial charge is 0.335 e. The number of carbonyl (C=O) groups is 1. The van der Waals surface area contributed by atoms with Crippen molar-refractivity contribution in [2.75, 3.05) is 0 Å². The lowest BCUT2D eigenvalue weighted by Crippen LogP contribution is -1.98. The number of nitriles is 1. The molecule has 0 spiro atoms. The zero-order valence-electron chi connectivity index (χ0n) is 11.8. The molecule has 0 aliphatic rings. The van der Waals surface area contributed by atoms with Gasteiger partial charge in [0, 0.05) is 11.8 Å². The maximum Gasteiger partial charge on any atom is 0.335 e. The van der Waals surface area contributed by atoms with Gasteiger partial charge in [0.05, 0.1) is 16.8 Å². The molecule has 1 heterocycles. The average molecular weight is 323 g/mol. The number of nitrogens with zero attached hydrogens (tertiary/aromatic N) is 3. The van der Waals surface area contributed by atoms with E-state index in [0.717, 1.165) is 0 Å². The first-order valence-electron chi connectivity index (χ1n) is 6.68. The molecule has 0 aliphatic heterocycles. The summed E-state index contributed by atoms with van der Waals surface area (Å²) in [6, 6.07) is 13.9. The Bertz CT molecular complexity index is 907. The third-order valence-corrected chi connectivity index (χ3v) is 3.33. The van der Waals surface area contributed by atoms with Crippen molar-refractivity contribution in [3.05, 3.63) is 71.7 Å². The van der Waals surface area contributed by atoms with Crippen molar-refractivity contribution in [3.63, 3.8) is 0 Å². The van der Waals surface area contributed by atoms with Crippen LogP contribution in [0, 0.1) is 17.1 Å². The largest absolute Gasteiger partial charge is 0.478 e. The van der Waals surface area contributed by atoms with Crippen molar-refractivity contribution in [2.45, 2.75) is 7.43 Å². The third-order valence-electron chi connectivity index (χ3n) is 3.33. The van der Waals surface area contributed by atoms with Gasteiger partial charge in [0.1, 0.15) is 17.6 Å². The molecule has 2 aromatic carbocycles. The average Bonchev–Trinajstić information content (AvgIpc) is 3.00. The highest BCUT2D eigenvalue weighted by atomic mass is 19.1. The van der Waals surface area contributed by atoms with Crippen molar-refractivity contribution in [3.8, 4) is 23.0 Å². The lowest BCUT2D eigenvalue weighted by Gasteiger charge is -2.02. The fraction of sp³-hybridized carbons (Fsp3) is 0.0556. The van der Waals surface area contributed by atoms with Crippen LogP contribution in [0.15, 0.2) is 54.7 Å². The highest BCUT2D eigenvalue weighted by Gasteiger charge is 2.12. The molecule has 0 bridgehead atoms. The standard InChI is InChI=1S/C17H10FN3O2.CH4/c18-14-5-1-11(2-6-14)16-13(9-19)10-21(20-16)15-7-3-12(4-8-15)17(22)23;/h1-8,10H,(H,22,23);1H4. The Balaban J connectivity index is 0.00000208. The summed E-state index contributed by atoms with van der Waals surface area (Å²) in [6.07, 6.45) is 1.55. The Labute approximate surface area is 138 Å². The number of benzene rings is 2. The molecule has 0 atom stereocenters. The van der Waals surface area contributed by atoms with Crippen LogP contribution in [0.2, 0.25) is 0 Å². The van der Waals surface area contributed by atoms with Crippen LogP contribution >= 0.6 is 0 Å². The van der Waals surface area contributed by atoms with Gasteiger partial charge in [-0.25, -0.2) is 13.9 Å². The molecule has 0 unspecified atom stereocenters. The van der Waals surface area contributed by atoms with Crippen molar-refractivity contribution < 1.29 is 14.3 Å². The molecule has 0 radical (unpaired) electrons. The number of carboxylic acids is 1. The highest BCUT2D eigenvalue weighted by Crippen LogP contribution is 2.23. The maximum absolute atomic E-state index is 13.0. The van der Waals surface area contributed by atoms with Crippen LogP contribution in [0.4, 0.5) is 4.39 Å². The minimum Gasteiger partial charge on any atom is -0.478 e. The zero-order chi connectivity index (χ0) is 16.4. The van der Waals surface area contributed by atoms with E-state index in [1.807, 2.05) is 0 Å². The molecule has 0 amide bonds. The van der Waals surface area contributed by atoms with Gasteiger partial charge in [-0.05, 0) is 48.5 Å². The number of carboxylic acid groups (broad SMARTS) is 1. The van der Waals surface area contributed by atoms with Gasteiger partial charge in [-0.15, -0.1) is 0 Å². The van der Waals surface area contributed by atoms with Crippen LogP contribution in [-0.2, 0) is 0 Å². The van der Waals surface area contributed by atoms with Gasteiger partial charge in [-0.3, -0.25) is 0 Å². The summed E-state index contributed by atoms with van der Waals surface area (Å²) in [5.41, 5.74) is 2.21. The molecule has 24 heavy (non-hydrogen) atoms. The van der Waals surface area contributed by atoms with Gasteiger partial charge in [0.15, 0.2) is 0 Å². The highest BCUT2D eigenvalue weighted by molar-refractivity contribution is 5.87. The Morgan fingerprint density at radius 2 is 1.75 bits per heavy atom. The van der Waals surface area contributed by atoms with E-state index in [4.69, 9.17) is 5.11 Å². The van der Waals surface area contributed by atoms with E-state index in [-0.39, 0.29) is 18.8 Å². The van der Waals surface area contributed by atoms with Gasteiger partial charge in [0.2, 0.25) is 0 Å². The SMILES string of the molecule is C.N#Cc1cn(-c2ccc(C(=O)O)cc2)nc1-c1ccc(F)cc1. The minimum absolute atomic E-state index is 0. The molecule has 0 fully saturated rings. The van der Waals surface area contributed by atoms with Gasteiger partial charge < -0.3 is 5.11 Å². The number of hydrogen-bond donors (Lipinski definition) is 1. The number of hydrogen-bond acceptors (Lipinski definition) is 3. The minimum atomic E-state index is -1.01. The molecule has 1 aromatic heterocycles. The van der Waals surface area contributed by atoms with E-state index in [9.17, 15) is 14.4 Å². The Hall–Kier alpha value is -3.46. The van der Waals surface area contributed by atoms with Crippen molar-refractivity contribution >= 4 is 5.97 Å². The summed E-state index contributed by atoms with van der Waals surface area (Å²) in [7, 11) is 0. The van der Waals surface area contributed by atoms with E-state index < -0.39 is 5.97 Å². The van der Waals surface area contributed by atoms with Crippen LogP contribution in [0.1, 0.15) is 23.3 Å². The number of rotatable bonds is 3. The number of halogens is 1. The fourth-order valence-electron chi connectivity index (χ4n) is 2.17. The van der Waals surface area contributed by atoms with Gasteiger partial charge >= 0.3 is 5.97 Å². The van der Waals surface area contributed by atoms with Crippen molar-refractivity contribution in [1.82, 2.24) is 9.78 Å². The molecule has 5 nitrogen and oxygen atoms in total. The Kier molecular flexibility index (Phi) is 4.76. The predicted octanol–water partition coefficient (Wildman–Crippen LogP) is 3.88. The molecule has 120 valence electrons. The first-order valence-corrected chi connectivity index (χ1v) is 6.68. The quantitative estimate of drug-likeness (QED) is 0.793. The fourth-order valence-corrected chi connectivity index (χ4v) is 2.17. The van der Waals surface area contributed by atoms with E-state index in [2.05, 4.69) is 11.2 Å². The number of aromatic nitrogens is 2. The van der Waals surface area contributed by atoms with Crippen LogP contribution < -0.4 is 0 Å². The second-order valence-corrected chi connectivity index (χ2v) is 4.81. The molecule has 0 saturated heterocycles. The molecular weight excluding hydrogens is 309 g/mol. The maximum atomic E-state index is 13.0. The monoisotopic (exact) mass is 323 g/mol. The van der Waals surface area contributed by atoms with Crippen LogP contribution in [0.3, 0.4) is 0 Å². The van der Waals surface area contributed by atoms with Crippen molar-refractivity contribution in [1.29, 1.82) is 5.26 Å². The second-order valence-electron chi connectivity index (χ2n) is 4.81. The zero-order valence-corrected chi connectivity index (χ0v) is 11.8. The summed E-state index contributed by atoms with van der Waals surface area (Å²) in [5, 5.41) is 22.5. The molecule has 1 N–H and O–H groups in total. The second kappa shape index (κ2) is 6.75. The molecule has 6 heteroatoms. The van der Waals surface area contributed by atoms with Gasteiger partial charge in [-0.2, -0.15) is 10.4 Å². The lowest BCUT2D eigenvalue weighted by molar-refractivity contribution is 0.0697. The predicted molar refractivity (Wildman–Crippen MR) is 87.4 cm³/mol. The van der Waals surface area contributed by atoms with Crippen molar-refractivity contribution in [2.24, 2.45) is 0 Å². The van der Waals surface area contributed by atoms with Crippen LogP contribution in [0.5, 0.6) is 0 Å². The molecule has 3 aromatic rings. The van der Waals surface area contributed by atoms with E-state index >= 15 is 0 Å². The molecule has 3 rings (SSSR count). The molecule has 0 saturated carbocycles. The third kappa shape index (κ3) is 3.15. The first kappa shape index (κ1) is 16.9. The van der Waals surface area contributed by atoms with Crippen LogP contribution in [-0.4, -0.2) is 20.9 Å². The Morgan fingerprint density at radius 1 is 1.12 bits per heavy atom. The molecule has 0 aliphatic carbocycles. The first-order chi connectivity index (χ1) is 11.1. The normalized spacial score (nSPS) is 9.83. The van der Waals surface area contributed by atoms with Gasteiger partial charge in [-0.1, -0.05) is 7.43 Å². The summed E-state index contributed by atoms with van der Waals surface area (Å²) >= 11 is 0. The summed E-state index contributed by atoms with van der Waals surface area (Å²) < 4.78 is 14.5. The van der Waals surface area contributed by atoms with E-state index in [0.29, 0.717) is 22.5 Å². The van der Waals surface area contributed by atoms with Crippen LogP contribution in [0.25, 0.3) is 16.9 Å². The summed E-state index contributed by atoms with van der Waals surface area (Å²) in [4.78, 5) is 10.9. The van der Waals surface area contributed by atoms with Gasteiger partial charge in [0.25, 0.3) is 0 Å².